The van der Waals surface area contributed by atoms with Gasteiger partial charge in [-0.1, -0.05) is 19.1 Å². The zero-order chi connectivity index (χ0) is 13.8. The van der Waals surface area contributed by atoms with E-state index in [2.05, 4.69) is 11.9 Å². The summed E-state index contributed by atoms with van der Waals surface area (Å²) in [5.41, 5.74) is 2.11. The molecule has 1 aromatic heterocycles. The van der Waals surface area contributed by atoms with Gasteiger partial charge in [0.05, 0.1) is 19.7 Å². The van der Waals surface area contributed by atoms with Crippen molar-refractivity contribution in [1.82, 2.24) is 4.98 Å². The van der Waals surface area contributed by atoms with E-state index in [1.807, 2.05) is 18.2 Å². The fourth-order valence-electron chi connectivity index (χ4n) is 1.84. The average molecular weight is 261 g/mol. The third-order valence-corrected chi connectivity index (χ3v) is 2.86. The first-order valence-electron chi connectivity index (χ1n) is 5.97. The molecule has 2 rings (SSSR count). The van der Waals surface area contributed by atoms with E-state index in [9.17, 15) is 4.79 Å². The Balaban J connectivity index is 2.27. The van der Waals surface area contributed by atoms with Crippen LogP contribution in [0.2, 0.25) is 0 Å². The maximum absolute atomic E-state index is 10.7. The van der Waals surface area contributed by atoms with Crippen molar-refractivity contribution in [1.29, 1.82) is 0 Å². The van der Waals surface area contributed by atoms with Crippen LogP contribution >= 0.6 is 0 Å². The van der Waals surface area contributed by atoms with Crippen LogP contribution in [0.3, 0.4) is 0 Å². The molecule has 2 aromatic rings. The smallest absolute Gasteiger partial charge is 0.373 e. The topological polar surface area (TPSA) is 72.6 Å². The lowest BCUT2D eigenvalue weighted by atomic mass is 10.1. The number of aromatic carboxylic acids is 1. The van der Waals surface area contributed by atoms with Crippen molar-refractivity contribution in [3.05, 3.63) is 47.2 Å². The van der Waals surface area contributed by atoms with Crippen LogP contribution < -0.4 is 4.74 Å². The van der Waals surface area contributed by atoms with Crippen LogP contribution in [-0.4, -0.2) is 23.2 Å². The normalized spacial score (nSPS) is 10.4. The molecule has 5 nitrogen and oxygen atoms in total. The van der Waals surface area contributed by atoms with Crippen molar-refractivity contribution in [2.75, 3.05) is 7.11 Å². The molecule has 1 heterocycles. The lowest BCUT2D eigenvalue weighted by Crippen LogP contribution is -1.96. The van der Waals surface area contributed by atoms with Gasteiger partial charge in [0.25, 0.3) is 0 Å². The summed E-state index contributed by atoms with van der Waals surface area (Å²) in [6, 6.07) is 5.92. The van der Waals surface area contributed by atoms with Crippen molar-refractivity contribution in [3.63, 3.8) is 0 Å². The molecular weight excluding hydrogens is 246 g/mol. The number of carboxylic acids is 1. The van der Waals surface area contributed by atoms with Gasteiger partial charge in [-0.05, 0) is 18.1 Å². The highest BCUT2D eigenvalue weighted by molar-refractivity contribution is 5.83. The Labute approximate surface area is 110 Å². The first kappa shape index (κ1) is 13.1. The molecule has 0 saturated carbocycles. The summed E-state index contributed by atoms with van der Waals surface area (Å²) < 4.78 is 10.4. The summed E-state index contributed by atoms with van der Waals surface area (Å²) in [6.45, 7) is 2.07. The fourth-order valence-corrected chi connectivity index (χ4v) is 1.84. The van der Waals surface area contributed by atoms with Gasteiger partial charge in [-0.3, -0.25) is 0 Å². The monoisotopic (exact) mass is 261 g/mol. The molecule has 0 amide bonds. The number of carbonyl (C=O) groups is 1. The van der Waals surface area contributed by atoms with Crippen LogP contribution in [-0.2, 0) is 12.8 Å². The van der Waals surface area contributed by atoms with E-state index in [4.69, 9.17) is 14.3 Å². The molecule has 0 radical (unpaired) electrons. The van der Waals surface area contributed by atoms with Gasteiger partial charge < -0.3 is 14.3 Å². The molecule has 100 valence electrons. The Morgan fingerprint density at radius 1 is 1.47 bits per heavy atom. The summed E-state index contributed by atoms with van der Waals surface area (Å²) in [6.07, 6.45) is 2.54. The number of aromatic nitrogens is 1. The number of rotatable bonds is 5. The lowest BCUT2D eigenvalue weighted by Gasteiger charge is -2.08. The quantitative estimate of drug-likeness (QED) is 0.895. The van der Waals surface area contributed by atoms with Gasteiger partial charge in [-0.2, -0.15) is 0 Å². The number of aryl methyl sites for hydroxylation is 1. The van der Waals surface area contributed by atoms with E-state index in [1.54, 1.807) is 7.11 Å². The van der Waals surface area contributed by atoms with Crippen LogP contribution in [0.15, 0.2) is 28.8 Å². The minimum atomic E-state index is -1.12. The van der Waals surface area contributed by atoms with Crippen molar-refractivity contribution < 1.29 is 19.1 Å². The molecule has 0 spiro atoms. The first-order valence-corrected chi connectivity index (χ1v) is 5.97. The summed E-state index contributed by atoms with van der Waals surface area (Å²) in [4.78, 5) is 14.7. The van der Waals surface area contributed by atoms with Gasteiger partial charge in [0.1, 0.15) is 5.75 Å². The van der Waals surface area contributed by atoms with E-state index in [0.29, 0.717) is 12.3 Å². The molecule has 0 aliphatic carbocycles. The lowest BCUT2D eigenvalue weighted by molar-refractivity contribution is 0.0660. The van der Waals surface area contributed by atoms with Gasteiger partial charge in [-0.25, -0.2) is 9.78 Å². The molecule has 1 aromatic carbocycles. The Morgan fingerprint density at radius 2 is 2.26 bits per heavy atom. The van der Waals surface area contributed by atoms with Gasteiger partial charge in [-0.15, -0.1) is 0 Å². The Bertz CT molecular complexity index is 589. The minimum absolute atomic E-state index is 0.152. The number of benzene rings is 1. The number of oxazole rings is 1. The van der Waals surface area contributed by atoms with Crippen molar-refractivity contribution >= 4 is 5.97 Å². The van der Waals surface area contributed by atoms with Crippen LogP contribution in [0, 0.1) is 0 Å². The largest absolute Gasteiger partial charge is 0.496 e. The molecular formula is C14H15NO4. The summed E-state index contributed by atoms with van der Waals surface area (Å²) in [5.74, 6) is -0.162. The highest BCUT2D eigenvalue weighted by Crippen LogP contribution is 2.23. The molecule has 19 heavy (non-hydrogen) atoms. The Kier molecular flexibility index (Phi) is 3.85. The number of ether oxygens (including phenoxy) is 1. The average Bonchev–Trinajstić information content (AvgIpc) is 2.87. The van der Waals surface area contributed by atoms with Crippen LogP contribution in [0.1, 0.15) is 34.5 Å². The third-order valence-electron chi connectivity index (χ3n) is 2.86. The van der Waals surface area contributed by atoms with Crippen LogP contribution in [0.5, 0.6) is 5.75 Å². The van der Waals surface area contributed by atoms with Crippen LogP contribution in [0.4, 0.5) is 0 Å². The summed E-state index contributed by atoms with van der Waals surface area (Å²) in [5, 5.41) is 8.79. The first-order chi connectivity index (χ1) is 9.13. The second-order valence-corrected chi connectivity index (χ2v) is 4.10. The molecule has 0 fully saturated rings. The molecule has 0 aliphatic rings. The van der Waals surface area contributed by atoms with E-state index >= 15 is 0 Å². The van der Waals surface area contributed by atoms with Crippen molar-refractivity contribution in [2.45, 2.75) is 19.8 Å². The number of nitrogens with zero attached hydrogens (tertiary/aromatic N) is 1. The van der Waals surface area contributed by atoms with Crippen LogP contribution in [0.25, 0.3) is 0 Å². The van der Waals surface area contributed by atoms with E-state index in [-0.39, 0.29) is 5.76 Å². The van der Waals surface area contributed by atoms with E-state index < -0.39 is 5.97 Å². The zero-order valence-electron chi connectivity index (χ0n) is 10.8. The molecule has 0 saturated heterocycles. The highest BCUT2D eigenvalue weighted by Gasteiger charge is 2.13. The van der Waals surface area contributed by atoms with Crippen molar-refractivity contribution in [3.8, 4) is 5.75 Å². The van der Waals surface area contributed by atoms with Gasteiger partial charge in [0.15, 0.2) is 5.89 Å². The zero-order valence-corrected chi connectivity index (χ0v) is 10.8. The minimum Gasteiger partial charge on any atom is -0.496 e. The second-order valence-electron chi connectivity index (χ2n) is 4.10. The predicted octanol–water partition coefficient (Wildman–Crippen LogP) is 2.53. The number of hydrogen-bond donors (Lipinski definition) is 1. The Morgan fingerprint density at radius 3 is 2.84 bits per heavy atom. The number of methoxy groups -OCH3 is 1. The molecule has 5 heteroatoms. The molecule has 0 atom stereocenters. The second kappa shape index (κ2) is 5.56. The van der Waals surface area contributed by atoms with Gasteiger partial charge in [0, 0.05) is 5.56 Å². The van der Waals surface area contributed by atoms with E-state index in [1.165, 1.54) is 11.8 Å². The highest BCUT2D eigenvalue weighted by atomic mass is 16.5. The number of hydrogen-bond acceptors (Lipinski definition) is 4. The summed E-state index contributed by atoms with van der Waals surface area (Å²) >= 11 is 0. The predicted molar refractivity (Wildman–Crippen MR) is 68.6 cm³/mol. The maximum Gasteiger partial charge on any atom is 0.373 e. The van der Waals surface area contributed by atoms with Crippen molar-refractivity contribution in [2.24, 2.45) is 0 Å². The molecule has 0 unspecified atom stereocenters. The molecule has 0 bridgehead atoms. The van der Waals surface area contributed by atoms with Gasteiger partial charge in [0.2, 0.25) is 5.76 Å². The Hall–Kier alpha value is -2.30. The third kappa shape index (κ3) is 2.93. The number of carboxylic acid groups (broad SMARTS) is 1. The SMILES string of the molecule is CCc1ccc(OC)c(Cc2ncc(C(=O)O)o2)c1. The van der Waals surface area contributed by atoms with Gasteiger partial charge >= 0.3 is 5.97 Å². The molecule has 1 N–H and O–H groups in total. The maximum atomic E-state index is 10.7. The molecule has 0 aliphatic heterocycles. The summed E-state index contributed by atoms with van der Waals surface area (Å²) in [7, 11) is 1.60. The van der Waals surface area contributed by atoms with E-state index in [0.717, 1.165) is 17.7 Å². The fraction of sp³-hybridized carbons (Fsp3) is 0.286. The standard InChI is InChI=1S/C14H15NO4/c1-3-9-4-5-11(18-2)10(6-9)7-13-15-8-12(19-13)14(16)17/h4-6,8H,3,7H2,1-2H3,(H,16,17).